The summed E-state index contributed by atoms with van der Waals surface area (Å²) in [6.07, 6.45) is 0.698. The lowest BCUT2D eigenvalue weighted by molar-refractivity contribution is 0.311. The third-order valence-corrected chi connectivity index (χ3v) is 5.67. The third-order valence-electron chi connectivity index (χ3n) is 3.83. The van der Waals surface area contributed by atoms with Crippen molar-refractivity contribution in [2.24, 2.45) is 10.9 Å². The highest BCUT2D eigenvalue weighted by Crippen LogP contribution is 2.30. The molecule has 1 aromatic carbocycles. The predicted molar refractivity (Wildman–Crippen MR) is 95.9 cm³/mol. The van der Waals surface area contributed by atoms with Gasteiger partial charge in [0.2, 0.25) is 0 Å². The van der Waals surface area contributed by atoms with E-state index in [0.717, 1.165) is 5.69 Å². The molecule has 0 spiro atoms. The minimum Gasteiger partial charge on any atom is -0.493 e. The minimum absolute atomic E-state index is 0.128. The lowest BCUT2D eigenvalue weighted by atomic mass is 10.1. The van der Waals surface area contributed by atoms with Gasteiger partial charge < -0.3 is 20.1 Å². The van der Waals surface area contributed by atoms with Gasteiger partial charge in [-0.1, -0.05) is 0 Å². The second kappa shape index (κ2) is 8.23. The Morgan fingerprint density at radius 1 is 1.38 bits per heavy atom. The van der Waals surface area contributed by atoms with Gasteiger partial charge in [0.15, 0.2) is 27.3 Å². The molecule has 0 bridgehead atoms. The molecule has 0 saturated carbocycles. The number of methoxy groups -OCH3 is 1. The van der Waals surface area contributed by atoms with Gasteiger partial charge in [-0.05, 0) is 31.4 Å². The molecule has 1 aromatic rings. The maximum atomic E-state index is 11.5. The number of aliphatic imine (C=N–C) groups is 1. The van der Waals surface area contributed by atoms with Gasteiger partial charge in [-0.15, -0.1) is 0 Å². The fourth-order valence-corrected chi connectivity index (χ4v) is 4.47. The van der Waals surface area contributed by atoms with Crippen molar-refractivity contribution in [2.45, 2.75) is 13.3 Å². The second-order valence-corrected chi connectivity index (χ2v) is 7.87. The average Bonchev–Trinajstić information content (AvgIpc) is 2.92. The van der Waals surface area contributed by atoms with E-state index in [4.69, 9.17) is 9.47 Å². The Hall–Kier alpha value is -1.96. The van der Waals surface area contributed by atoms with Gasteiger partial charge in [-0.2, -0.15) is 0 Å². The number of nitrogens with zero attached hydrogens (tertiary/aromatic N) is 1. The smallest absolute Gasteiger partial charge is 0.195 e. The van der Waals surface area contributed by atoms with E-state index in [-0.39, 0.29) is 17.4 Å². The summed E-state index contributed by atoms with van der Waals surface area (Å²) >= 11 is 0. The van der Waals surface area contributed by atoms with E-state index in [1.165, 1.54) is 0 Å². The van der Waals surface area contributed by atoms with Crippen molar-refractivity contribution < 1.29 is 17.9 Å². The molecule has 2 rings (SSSR count). The monoisotopic (exact) mass is 355 g/mol. The highest BCUT2D eigenvalue weighted by Gasteiger charge is 2.27. The van der Waals surface area contributed by atoms with Crippen molar-refractivity contribution in [1.29, 1.82) is 0 Å². The molecule has 7 nitrogen and oxygen atoms in total. The predicted octanol–water partition coefficient (Wildman–Crippen LogP) is 1.52. The Morgan fingerprint density at radius 2 is 2.17 bits per heavy atom. The van der Waals surface area contributed by atoms with Gasteiger partial charge in [0.1, 0.15) is 0 Å². The van der Waals surface area contributed by atoms with Crippen LogP contribution in [0.2, 0.25) is 0 Å². The molecule has 0 aromatic heterocycles. The topological polar surface area (TPSA) is 89.0 Å². The number of benzene rings is 1. The summed E-state index contributed by atoms with van der Waals surface area (Å²) in [4.78, 5) is 4.17. The summed E-state index contributed by atoms with van der Waals surface area (Å²) < 4.78 is 33.8. The Morgan fingerprint density at radius 3 is 2.75 bits per heavy atom. The van der Waals surface area contributed by atoms with Crippen LogP contribution in [0.3, 0.4) is 0 Å². The number of hydrogen-bond donors (Lipinski definition) is 2. The Balaban J connectivity index is 1.95. The molecule has 1 saturated heterocycles. The maximum Gasteiger partial charge on any atom is 0.195 e. The minimum atomic E-state index is -2.86. The summed E-state index contributed by atoms with van der Waals surface area (Å²) in [7, 11) is 0.407. The molecule has 0 aliphatic carbocycles. The fourth-order valence-electron chi connectivity index (χ4n) is 2.61. The van der Waals surface area contributed by atoms with Crippen LogP contribution in [0, 0.1) is 5.92 Å². The molecule has 1 unspecified atom stereocenters. The van der Waals surface area contributed by atoms with E-state index in [1.807, 2.05) is 25.1 Å². The van der Waals surface area contributed by atoms with Crippen LogP contribution in [-0.2, 0) is 9.84 Å². The molecule has 1 aliphatic rings. The second-order valence-electron chi connectivity index (χ2n) is 5.65. The number of rotatable bonds is 6. The molecule has 2 N–H and O–H groups in total. The molecule has 134 valence electrons. The molecule has 8 heteroatoms. The maximum absolute atomic E-state index is 11.5. The molecular formula is C16H25N3O4S. The third kappa shape index (κ3) is 5.02. The summed E-state index contributed by atoms with van der Waals surface area (Å²) in [6.45, 7) is 3.06. The number of sulfone groups is 1. The first kappa shape index (κ1) is 18.4. The first-order valence-corrected chi connectivity index (χ1v) is 9.78. The van der Waals surface area contributed by atoms with Crippen LogP contribution in [0.4, 0.5) is 5.69 Å². The number of nitrogens with one attached hydrogen (secondary N) is 2. The summed E-state index contributed by atoms with van der Waals surface area (Å²) in [5.74, 6) is 2.56. The van der Waals surface area contributed by atoms with Crippen LogP contribution in [0.1, 0.15) is 13.3 Å². The molecule has 0 radical (unpaired) electrons. The summed E-state index contributed by atoms with van der Waals surface area (Å²) in [6, 6.07) is 5.54. The van der Waals surface area contributed by atoms with E-state index >= 15 is 0 Å². The van der Waals surface area contributed by atoms with Crippen molar-refractivity contribution in [3.63, 3.8) is 0 Å². The van der Waals surface area contributed by atoms with Crippen LogP contribution in [0.5, 0.6) is 11.5 Å². The molecule has 1 fully saturated rings. The zero-order chi connectivity index (χ0) is 17.6. The standard InChI is InChI=1S/C16H25N3O4S/c1-4-23-14-6-5-13(9-15(14)22-3)19-16(17-2)18-10-12-7-8-24(20,21)11-12/h5-6,9,12H,4,7-8,10-11H2,1-3H3,(H2,17,18,19). The summed E-state index contributed by atoms with van der Waals surface area (Å²) in [5.41, 5.74) is 0.808. The van der Waals surface area contributed by atoms with Crippen LogP contribution in [0.25, 0.3) is 0 Å². The van der Waals surface area contributed by atoms with Crippen molar-refractivity contribution in [1.82, 2.24) is 5.32 Å². The largest absolute Gasteiger partial charge is 0.493 e. The van der Waals surface area contributed by atoms with E-state index in [1.54, 1.807) is 14.2 Å². The number of hydrogen-bond acceptors (Lipinski definition) is 5. The molecular weight excluding hydrogens is 330 g/mol. The van der Waals surface area contributed by atoms with Crippen LogP contribution in [0.15, 0.2) is 23.2 Å². The first-order chi connectivity index (χ1) is 11.5. The normalized spacial score (nSPS) is 19.8. The highest BCUT2D eigenvalue weighted by molar-refractivity contribution is 7.91. The van der Waals surface area contributed by atoms with Gasteiger partial charge in [0.25, 0.3) is 0 Å². The van der Waals surface area contributed by atoms with Gasteiger partial charge in [0, 0.05) is 25.3 Å². The molecule has 1 heterocycles. The van der Waals surface area contributed by atoms with Gasteiger partial charge in [0.05, 0.1) is 25.2 Å². The summed E-state index contributed by atoms with van der Waals surface area (Å²) in [5, 5.41) is 6.35. The quantitative estimate of drug-likeness (QED) is 0.594. The van der Waals surface area contributed by atoms with Gasteiger partial charge in [-0.3, -0.25) is 4.99 Å². The lowest BCUT2D eigenvalue weighted by Crippen LogP contribution is -2.35. The number of guanidine groups is 1. The first-order valence-electron chi connectivity index (χ1n) is 7.96. The fraction of sp³-hybridized carbons (Fsp3) is 0.562. The molecule has 24 heavy (non-hydrogen) atoms. The Labute approximate surface area is 143 Å². The van der Waals surface area contributed by atoms with E-state index in [2.05, 4.69) is 15.6 Å². The Bertz CT molecular complexity index is 689. The van der Waals surface area contributed by atoms with E-state index < -0.39 is 9.84 Å². The van der Waals surface area contributed by atoms with Crippen molar-refractivity contribution in [2.75, 3.05) is 44.1 Å². The highest BCUT2D eigenvalue weighted by atomic mass is 32.2. The number of ether oxygens (including phenoxy) is 2. The van der Waals surface area contributed by atoms with E-state index in [0.29, 0.717) is 37.0 Å². The van der Waals surface area contributed by atoms with Gasteiger partial charge in [-0.25, -0.2) is 8.42 Å². The van der Waals surface area contributed by atoms with Crippen molar-refractivity contribution in [3.8, 4) is 11.5 Å². The van der Waals surface area contributed by atoms with Crippen LogP contribution >= 0.6 is 0 Å². The zero-order valence-corrected chi connectivity index (χ0v) is 15.1. The van der Waals surface area contributed by atoms with Gasteiger partial charge >= 0.3 is 0 Å². The molecule has 1 aliphatic heterocycles. The molecule has 1 atom stereocenters. The van der Waals surface area contributed by atoms with Crippen LogP contribution in [-0.4, -0.2) is 53.2 Å². The van der Waals surface area contributed by atoms with Crippen LogP contribution < -0.4 is 20.1 Å². The zero-order valence-electron chi connectivity index (χ0n) is 14.3. The van der Waals surface area contributed by atoms with E-state index in [9.17, 15) is 8.42 Å². The van der Waals surface area contributed by atoms with Crippen molar-refractivity contribution in [3.05, 3.63) is 18.2 Å². The number of anilines is 1. The average molecular weight is 355 g/mol. The lowest BCUT2D eigenvalue weighted by Gasteiger charge is -2.16. The Kier molecular flexibility index (Phi) is 6.30. The molecule has 0 amide bonds. The van der Waals surface area contributed by atoms with Crippen molar-refractivity contribution >= 4 is 21.5 Å². The SMILES string of the molecule is CCOc1ccc(NC(=NC)NCC2CCS(=O)(=O)C2)cc1OC.